The van der Waals surface area contributed by atoms with Crippen molar-refractivity contribution in [3.8, 4) is 17.2 Å². The molecular weight excluding hydrogens is 460 g/mol. The zero-order valence-electron chi connectivity index (χ0n) is 20.0. The zero-order chi connectivity index (χ0) is 24.9. The minimum absolute atomic E-state index is 0.199. The molecule has 4 bridgehead atoms. The van der Waals surface area contributed by atoms with Crippen LogP contribution in [0.2, 0.25) is 0 Å². The summed E-state index contributed by atoms with van der Waals surface area (Å²) in [7, 11) is 1.51. The van der Waals surface area contributed by atoms with Crippen molar-refractivity contribution in [1.29, 1.82) is 0 Å². The molecule has 2 atom stereocenters. The molecule has 0 radical (unpaired) electrons. The molecule has 1 fully saturated rings. The first-order valence-corrected chi connectivity index (χ1v) is 11.8. The predicted octanol–water partition coefficient (Wildman–Crippen LogP) is 2.16. The molecule has 9 heteroatoms. The van der Waals surface area contributed by atoms with Crippen LogP contribution < -0.4 is 24.8 Å². The summed E-state index contributed by atoms with van der Waals surface area (Å²) in [6.45, 7) is 2.07. The van der Waals surface area contributed by atoms with Crippen LogP contribution >= 0.6 is 0 Å². The van der Waals surface area contributed by atoms with Gasteiger partial charge in [-0.2, -0.15) is 0 Å². The molecule has 0 spiro atoms. The molecule has 3 aliphatic rings. The van der Waals surface area contributed by atoms with Gasteiger partial charge in [0, 0.05) is 37.9 Å². The van der Waals surface area contributed by atoms with E-state index < -0.39 is 0 Å². The molecule has 2 aromatic carbocycles. The number of amides is 2. The Hall–Kier alpha value is -4.11. The van der Waals surface area contributed by atoms with Crippen LogP contribution in [0.3, 0.4) is 0 Å². The van der Waals surface area contributed by atoms with E-state index >= 15 is 0 Å². The molecule has 0 aliphatic carbocycles. The first kappa shape index (κ1) is 23.6. The summed E-state index contributed by atoms with van der Waals surface area (Å²) < 4.78 is 17.4. The molecule has 2 N–H and O–H groups in total. The summed E-state index contributed by atoms with van der Waals surface area (Å²) in [6, 6.07) is 18.1. The summed E-state index contributed by atoms with van der Waals surface area (Å²) >= 11 is 0. The van der Waals surface area contributed by atoms with E-state index in [0.29, 0.717) is 49.0 Å². The fourth-order valence-corrected chi connectivity index (χ4v) is 4.40. The Kier molecular flexibility index (Phi) is 6.99. The van der Waals surface area contributed by atoms with Crippen molar-refractivity contribution in [2.75, 3.05) is 26.8 Å². The van der Waals surface area contributed by atoms with E-state index in [9.17, 15) is 9.59 Å². The van der Waals surface area contributed by atoms with Crippen molar-refractivity contribution in [2.45, 2.75) is 25.2 Å². The summed E-state index contributed by atoms with van der Waals surface area (Å²) in [5.41, 5.74) is 2.30. The summed E-state index contributed by atoms with van der Waals surface area (Å²) in [4.78, 5) is 32.2. The number of carbonyl (C=O) groups is 2. The van der Waals surface area contributed by atoms with Crippen molar-refractivity contribution in [3.63, 3.8) is 0 Å². The number of hydrogen-bond donors (Lipinski definition) is 2. The SMILES string of the molecule is COc1ccc2cc1OCC(=O)NCc1ccc(cc1)O[C@H]1CN(Cc3ccccn3)C[C@@H]1NC2=O. The smallest absolute Gasteiger partial charge is 0.258 e. The van der Waals surface area contributed by atoms with Gasteiger partial charge in [0.2, 0.25) is 0 Å². The van der Waals surface area contributed by atoms with Crippen LogP contribution in [0.25, 0.3) is 0 Å². The number of likely N-dealkylation sites (tertiary alicyclic amines) is 1. The fraction of sp³-hybridized carbons (Fsp3) is 0.296. The Morgan fingerprint density at radius 1 is 1.08 bits per heavy atom. The molecule has 1 saturated heterocycles. The van der Waals surface area contributed by atoms with Crippen molar-refractivity contribution >= 4 is 11.8 Å². The molecule has 3 aromatic rings. The monoisotopic (exact) mass is 488 g/mol. The second-order valence-corrected chi connectivity index (χ2v) is 8.83. The van der Waals surface area contributed by atoms with Crippen LogP contribution in [0.1, 0.15) is 21.6 Å². The van der Waals surface area contributed by atoms with Gasteiger partial charge in [0.25, 0.3) is 11.8 Å². The summed E-state index contributed by atoms with van der Waals surface area (Å²) in [6.07, 6.45) is 1.52. The third-order valence-electron chi connectivity index (χ3n) is 6.26. The Bertz CT molecular complexity index is 1220. The lowest BCUT2D eigenvalue weighted by Crippen LogP contribution is -2.45. The molecule has 36 heavy (non-hydrogen) atoms. The minimum Gasteiger partial charge on any atom is -0.493 e. The van der Waals surface area contributed by atoms with Gasteiger partial charge in [-0.05, 0) is 48.0 Å². The number of carbonyl (C=O) groups excluding carboxylic acids is 2. The molecule has 2 amide bonds. The second-order valence-electron chi connectivity index (χ2n) is 8.83. The van der Waals surface area contributed by atoms with E-state index in [1.807, 2.05) is 42.5 Å². The fourth-order valence-electron chi connectivity index (χ4n) is 4.40. The number of rotatable bonds is 3. The Balaban J connectivity index is 1.42. The lowest BCUT2D eigenvalue weighted by molar-refractivity contribution is -0.123. The topological polar surface area (TPSA) is 102 Å². The number of benzene rings is 2. The number of methoxy groups -OCH3 is 1. The third kappa shape index (κ3) is 5.58. The Morgan fingerprint density at radius 2 is 1.94 bits per heavy atom. The Morgan fingerprint density at radius 3 is 2.72 bits per heavy atom. The van der Waals surface area contributed by atoms with Gasteiger partial charge in [0.1, 0.15) is 11.9 Å². The number of aromatic nitrogens is 1. The van der Waals surface area contributed by atoms with Crippen LogP contribution in [0.5, 0.6) is 17.2 Å². The van der Waals surface area contributed by atoms with Crippen LogP contribution in [0.15, 0.2) is 66.9 Å². The van der Waals surface area contributed by atoms with E-state index in [4.69, 9.17) is 14.2 Å². The maximum Gasteiger partial charge on any atom is 0.258 e. The summed E-state index contributed by atoms with van der Waals surface area (Å²) in [5.74, 6) is 0.929. The summed E-state index contributed by atoms with van der Waals surface area (Å²) in [5, 5.41) is 5.97. The van der Waals surface area contributed by atoms with E-state index in [1.165, 1.54) is 7.11 Å². The molecule has 186 valence electrons. The van der Waals surface area contributed by atoms with Gasteiger partial charge in [-0.1, -0.05) is 18.2 Å². The highest BCUT2D eigenvalue weighted by molar-refractivity contribution is 5.95. The molecule has 1 aromatic heterocycles. The number of nitrogens with zero attached hydrogens (tertiary/aromatic N) is 2. The molecule has 0 saturated carbocycles. The maximum atomic E-state index is 13.2. The standard InChI is InChI=1S/C27H28N4O5/c1-34-23-10-7-19-12-24(23)35-17-26(32)29-13-18-5-8-21(9-6-18)36-25-16-31(15-22(25)30-27(19)33)14-20-4-2-3-11-28-20/h2-12,22,25H,13-17H2,1H3,(H,29,32)(H,30,33)/t22-,25-/m0/s1. The first-order valence-electron chi connectivity index (χ1n) is 11.8. The van der Waals surface area contributed by atoms with Crippen molar-refractivity contribution < 1.29 is 23.8 Å². The van der Waals surface area contributed by atoms with Gasteiger partial charge in [-0.3, -0.25) is 19.5 Å². The quantitative estimate of drug-likeness (QED) is 0.583. The van der Waals surface area contributed by atoms with Crippen LogP contribution in [0, 0.1) is 0 Å². The normalized spacial score (nSPS) is 20.4. The first-order chi connectivity index (χ1) is 17.6. The maximum absolute atomic E-state index is 13.2. The number of pyridine rings is 1. The molecule has 9 nitrogen and oxygen atoms in total. The number of hydrogen-bond acceptors (Lipinski definition) is 7. The van der Waals surface area contributed by atoms with Gasteiger partial charge in [-0.15, -0.1) is 0 Å². The highest BCUT2D eigenvalue weighted by atomic mass is 16.5. The van der Waals surface area contributed by atoms with Crippen LogP contribution in [-0.2, 0) is 17.9 Å². The third-order valence-corrected chi connectivity index (χ3v) is 6.26. The molecule has 3 aliphatic heterocycles. The average Bonchev–Trinajstić information content (AvgIpc) is 3.26. The second kappa shape index (κ2) is 10.7. The lowest BCUT2D eigenvalue weighted by atomic mass is 10.1. The van der Waals surface area contributed by atoms with Crippen LogP contribution in [0.4, 0.5) is 0 Å². The minimum atomic E-state index is -0.279. The van der Waals surface area contributed by atoms with Gasteiger partial charge in [0.05, 0.1) is 18.8 Å². The predicted molar refractivity (Wildman–Crippen MR) is 132 cm³/mol. The highest BCUT2D eigenvalue weighted by Crippen LogP contribution is 2.28. The highest BCUT2D eigenvalue weighted by Gasteiger charge is 2.36. The van der Waals surface area contributed by atoms with Gasteiger partial charge in [0.15, 0.2) is 18.1 Å². The van der Waals surface area contributed by atoms with Gasteiger partial charge < -0.3 is 24.8 Å². The number of ether oxygens (including phenoxy) is 3. The van der Waals surface area contributed by atoms with E-state index in [0.717, 1.165) is 11.3 Å². The van der Waals surface area contributed by atoms with E-state index in [2.05, 4.69) is 20.5 Å². The van der Waals surface area contributed by atoms with Crippen molar-refractivity contribution in [3.05, 3.63) is 83.7 Å². The molecule has 6 rings (SSSR count). The Labute approximate surface area is 209 Å². The lowest BCUT2D eigenvalue weighted by Gasteiger charge is -2.21. The van der Waals surface area contributed by atoms with Crippen molar-refractivity contribution in [2.24, 2.45) is 0 Å². The zero-order valence-corrected chi connectivity index (χ0v) is 20.0. The number of fused-ring (bicyclic) bond motifs is 7. The molecule has 4 heterocycles. The van der Waals surface area contributed by atoms with E-state index in [1.54, 1.807) is 24.4 Å². The van der Waals surface area contributed by atoms with Crippen LogP contribution in [-0.4, -0.2) is 60.7 Å². The van der Waals surface area contributed by atoms with Gasteiger partial charge >= 0.3 is 0 Å². The average molecular weight is 489 g/mol. The van der Waals surface area contributed by atoms with Crippen molar-refractivity contribution in [1.82, 2.24) is 20.5 Å². The van der Waals surface area contributed by atoms with E-state index in [-0.39, 0.29) is 30.6 Å². The molecule has 0 unspecified atom stereocenters. The molecular formula is C27H28N4O5. The largest absolute Gasteiger partial charge is 0.493 e. The van der Waals surface area contributed by atoms with Gasteiger partial charge in [-0.25, -0.2) is 0 Å². The number of nitrogens with one attached hydrogen (secondary N) is 2.